The topological polar surface area (TPSA) is 269 Å². The normalized spacial score (nSPS) is 52.5. The summed E-state index contributed by atoms with van der Waals surface area (Å²) in [4.78, 5) is 0. The Morgan fingerprint density at radius 1 is 0.500 bits per heavy atom. The summed E-state index contributed by atoms with van der Waals surface area (Å²) in [6.07, 6.45) is -24.9. The molecule has 3 heterocycles. The second kappa shape index (κ2) is 11.6. The van der Waals surface area contributed by atoms with Gasteiger partial charge >= 0.3 is 0 Å². The Labute approximate surface area is 192 Å². The van der Waals surface area contributed by atoms with E-state index in [-0.39, 0.29) is 0 Å². The molecule has 0 aliphatic carbocycles. The van der Waals surface area contributed by atoms with E-state index >= 15 is 0 Å². The number of rotatable bonds is 7. The quantitative estimate of drug-likeness (QED) is 0.154. The summed E-state index contributed by atoms with van der Waals surface area (Å²) in [5.41, 5.74) is 0. The third-order valence-electron chi connectivity index (χ3n) is 6.07. The molecule has 0 aromatic carbocycles. The molecule has 3 rings (SSSR count). The Bertz CT molecular complexity index is 637. The van der Waals surface area contributed by atoms with Gasteiger partial charge in [-0.25, -0.2) is 0 Å². The van der Waals surface area contributed by atoms with Gasteiger partial charge in [-0.3, -0.25) is 0 Å². The predicted octanol–water partition coefficient (Wildman–Crippen LogP) is -7.57. The molecule has 16 heteroatoms. The van der Waals surface area contributed by atoms with Crippen LogP contribution in [-0.2, 0) is 23.7 Å². The molecule has 3 fully saturated rings. The fourth-order valence-corrected chi connectivity index (χ4v) is 3.94. The molecule has 0 bridgehead atoms. The van der Waals surface area contributed by atoms with E-state index in [0.29, 0.717) is 0 Å². The average molecular weight is 504 g/mol. The molecule has 200 valence electrons. The average Bonchev–Trinajstić information content (AvgIpc) is 2.82. The highest BCUT2D eigenvalue weighted by Crippen LogP contribution is 2.29. The van der Waals surface area contributed by atoms with Crippen molar-refractivity contribution in [2.75, 3.05) is 19.8 Å². The van der Waals surface area contributed by atoms with E-state index in [4.69, 9.17) is 23.7 Å². The largest absolute Gasteiger partial charge is 0.394 e. The molecule has 0 aromatic rings. The first-order valence-corrected chi connectivity index (χ1v) is 10.6. The zero-order chi connectivity index (χ0) is 25.3. The molecule has 16 nitrogen and oxygen atoms in total. The Hall–Kier alpha value is -0.640. The second-order valence-electron chi connectivity index (χ2n) is 8.37. The third kappa shape index (κ3) is 5.52. The van der Waals surface area contributed by atoms with Gasteiger partial charge in [0.05, 0.1) is 19.8 Å². The highest BCUT2D eigenvalue weighted by atomic mass is 16.7. The molecule has 34 heavy (non-hydrogen) atoms. The van der Waals surface area contributed by atoms with Crippen molar-refractivity contribution in [3.63, 3.8) is 0 Å². The van der Waals surface area contributed by atoms with Crippen molar-refractivity contribution in [3.8, 4) is 0 Å². The maximum atomic E-state index is 10.6. The fraction of sp³-hybridized carbons (Fsp3) is 1.00. The minimum absolute atomic E-state index is 0.609. The molecular formula is C18H32O16. The molecule has 1 unspecified atom stereocenters. The molecule has 0 aromatic heterocycles. The van der Waals surface area contributed by atoms with E-state index in [2.05, 4.69) is 0 Å². The lowest BCUT2D eigenvalue weighted by atomic mass is 9.97. The first-order chi connectivity index (χ1) is 16.0. The molecule has 15 atom stereocenters. The summed E-state index contributed by atoms with van der Waals surface area (Å²) in [6, 6.07) is 0. The first-order valence-electron chi connectivity index (χ1n) is 10.6. The second-order valence-corrected chi connectivity index (χ2v) is 8.37. The molecule has 3 saturated heterocycles. The summed E-state index contributed by atoms with van der Waals surface area (Å²) >= 11 is 0. The van der Waals surface area contributed by atoms with Crippen LogP contribution in [0, 0.1) is 0 Å². The molecule has 3 aliphatic heterocycles. The molecule has 0 spiro atoms. The number of hydrogen-bond acceptors (Lipinski definition) is 16. The van der Waals surface area contributed by atoms with Gasteiger partial charge in [0.2, 0.25) is 0 Å². The summed E-state index contributed by atoms with van der Waals surface area (Å²) in [6.45, 7) is -2.06. The van der Waals surface area contributed by atoms with Crippen LogP contribution in [0.5, 0.6) is 0 Å². The van der Waals surface area contributed by atoms with Gasteiger partial charge in [0.1, 0.15) is 73.2 Å². The van der Waals surface area contributed by atoms with Gasteiger partial charge in [0.15, 0.2) is 18.9 Å². The van der Waals surface area contributed by atoms with Gasteiger partial charge in [0.25, 0.3) is 0 Å². The van der Waals surface area contributed by atoms with Crippen molar-refractivity contribution in [2.24, 2.45) is 0 Å². The molecule has 0 saturated carbocycles. The molecule has 0 radical (unpaired) electrons. The molecule has 0 amide bonds. The predicted molar refractivity (Wildman–Crippen MR) is 101 cm³/mol. The van der Waals surface area contributed by atoms with Crippen LogP contribution in [-0.4, -0.2) is 168 Å². The summed E-state index contributed by atoms with van der Waals surface area (Å²) in [7, 11) is 0. The lowest BCUT2D eigenvalue weighted by Gasteiger charge is -2.45. The van der Waals surface area contributed by atoms with Crippen molar-refractivity contribution in [1.29, 1.82) is 0 Å². The molecule has 11 N–H and O–H groups in total. The number of aliphatic hydroxyl groups excluding tert-OH is 11. The number of aliphatic hydroxyl groups is 11. The van der Waals surface area contributed by atoms with Crippen LogP contribution in [0.2, 0.25) is 0 Å². The van der Waals surface area contributed by atoms with Gasteiger partial charge in [-0.15, -0.1) is 0 Å². The van der Waals surface area contributed by atoms with Crippen molar-refractivity contribution in [2.45, 2.75) is 92.1 Å². The van der Waals surface area contributed by atoms with E-state index in [1.54, 1.807) is 0 Å². The minimum atomic E-state index is -1.93. The number of ether oxygens (including phenoxy) is 5. The van der Waals surface area contributed by atoms with Crippen molar-refractivity contribution < 1.29 is 79.9 Å². The van der Waals surface area contributed by atoms with Crippen LogP contribution in [0.15, 0.2) is 0 Å². The van der Waals surface area contributed by atoms with Gasteiger partial charge < -0.3 is 79.9 Å². The SMILES string of the molecule is OC[C@H]1O[C@H](OC[C@H]2O[C@H](O)[C@@H](O)[C@@H](OC3O[C@H](CO)[C@@H](O)[C@H](O)[C@@H]3O)[C@@H]2O)[C@@H](O)[C@@H](O)[C@@H]1O. The van der Waals surface area contributed by atoms with Crippen LogP contribution < -0.4 is 0 Å². The van der Waals surface area contributed by atoms with Crippen LogP contribution in [0.4, 0.5) is 0 Å². The van der Waals surface area contributed by atoms with Crippen molar-refractivity contribution >= 4 is 0 Å². The van der Waals surface area contributed by atoms with Gasteiger partial charge in [-0.05, 0) is 0 Å². The molecular weight excluding hydrogens is 472 g/mol. The van der Waals surface area contributed by atoms with Gasteiger partial charge in [-0.1, -0.05) is 0 Å². The monoisotopic (exact) mass is 504 g/mol. The maximum Gasteiger partial charge on any atom is 0.187 e. The van der Waals surface area contributed by atoms with Crippen LogP contribution >= 0.6 is 0 Å². The minimum Gasteiger partial charge on any atom is -0.394 e. The van der Waals surface area contributed by atoms with Crippen LogP contribution in [0.3, 0.4) is 0 Å². The van der Waals surface area contributed by atoms with Crippen LogP contribution in [0.25, 0.3) is 0 Å². The van der Waals surface area contributed by atoms with Gasteiger partial charge in [0, 0.05) is 0 Å². The fourth-order valence-electron chi connectivity index (χ4n) is 3.94. The zero-order valence-corrected chi connectivity index (χ0v) is 17.7. The van der Waals surface area contributed by atoms with E-state index in [0.717, 1.165) is 0 Å². The Morgan fingerprint density at radius 3 is 1.53 bits per heavy atom. The molecule has 3 aliphatic rings. The third-order valence-corrected chi connectivity index (χ3v) is 6.07. The van der Waals surface area contributed by atoms with E-state index in [1.165, 1.54) is 0 Å². The maximum absolute atomic E-state index is 10.6. The highest BCUT2D eigenvalue weighted by Gasteiger charge is 2.51. The summed E-state index contributed by atoms with van der Waals surface area (Å²) < 4.78 is 26.1. The lowest BCUT2D eigenvalue weighted by molar-refractivity contribution is -0.361. The summed E-state index contributed by atoms with van der Waals surface area (Å²) in [5.74, 6) is 0. The standard InChI is InChI=1S/C18H32O16/c19-1-4-7(21)10(24)12(26)17(32-4)30-3-6-9(23)15(14(28)16(29)31-6)34-18-13(27)11(25)8(22)5(2-20)33-18/h4-29H,1-3H2/t4-,5-,6-,7-,8-,9-,10+,11+,12+,13+,14+,15+,16+,17+,18?/m1/s1. The van der Waals surface area contributed by atoms with E-state index in [9.17, 15) is 56.2 Å². The van der Waals surface area contributed by atoms with Gasteiger partial charge in [-0.2, -0.15) is 0 Å². The number of hydrogen-bond donors (Lipinski definition) is 11. The first kappa shape index (κ1) is 27.9. The van der Waals surface area contributed by atoms with Crippen LogP contribution in [0.1, 0.15) is 0 Å². The van der Waals surface area contributed by atoms with E-state index in [1.807, 2.05) is 0 Å². The summed E-state index contributed by atoms with van der Waals surface area (Å²) in [5, 5.41) is 109. The smallest absolute Gasteiger partial charge is 0.187 e. The van der Waals surface area contributed by atoms with E-state index < -0.39 is 112 Å². The Balaban J connectivity index is 1.65. The van der Waals surface area contributed by atoms with Crippen molar-refractivity contribution in [3.05, 3.63) is 0 Å². The lowest BCUT2D eigenvalue weighted by Crippen LogP contribution is -2.65. The van der Waals surface area contributed by atoms with Crippen molar-refractivity contribution in [1.82, 2.24) is 0 Å². The zero-order valence-electron chi connectivity index (χ0n) is 17.7. The Morgan fingerprint density at radius 2 is 1.00 bits per heavy atom. The highest BCUT2D eigenvalue weighted by molar-refractivity contribution is 4.94. The Kier molecular flexibility index (Phi) is 9.54.